The van der Waals surface area contributed by atoms with E-state index in [9.17, 15) is 14.4 Å². The molecule has 4 aliphatic heterocycles. The number of ether oxygens (including phenoxy) is 1. The zero-order chi connectivity index (χ0) is 27.2. The number of aryl methyl sites for hydroxylation is 1. The average molecular weight is 542 g/mol. The lowest BCUT2D eigenvalue weighted by molar-refractivity contribution is -0.148. The van der Waals surface area contributed by atoms with Crippen molar-refractivity contribution in [1.29, 1.82) is 0 Å². The number of anilines is 1. The third kappa shape index (κ3) is 4.08. The largest absolute Gasteiger partial charge is 0.396 e. The minimum Gasteiger partial charge on any atom is -0.396 e. The zero-order valence-corrected chi connectivity index (χ0v) is 23.0. The fourth-order valence-electron chi connectivity index (χ4n) is 6.80. The van der Waals surface area contributed by atoms with Crippen LogP contribution in [0, 0.1) is 18.8 Å². The first-order chi connectivity index (χ1) is 18.2. The molecule has 1 N–H and O–H groups in total. The summed E-state index contributed by atoms with van der Waals surface area (Å²) in [6, 6.07) is 4.58. The normalized spacial score (nSPS) is 32.4. The van der Waals surface area contributed by atoms with E-state index in [0.717, 1.165) is 18.4 Å². The molecule has 1 aromatic carbocycles. The van der Waals surface area contributed by atoms with E-state index in [4.69, 9.17) is 21.4 Å². The Bertz CT molecular complexity index is 1180. The maximum Gasteiger partial charge on any atom is 0.253 e. The van der Waals surface area contributed by atoms with Crippen molar-refractivity contribution in [3.05, 3.63) is 53.1 Å². The van der Waals surface area contributed by atoms with Crippen LogP contribution in [0.3, 0.4) is 0 Å². The standard InChI is InChI=1S/C29H36ClN3O5/c1-19-11-8-12-20(30)23(19)32-17-10-14-29-22(21-25(35)31(3)15-9-13-28(21,2)38-29)26(36)33(24(29)27(32)37)16-6-4-5-7-18-34/h8-14,21-22,24,34H,4-7,15-18H2,1-3H3/t21-,22+,24?,28+,29+/m1/s1. The zero-order valence-electron chi connectivity index (χ0n) is 22.2. The highest BCUT2D eigenvalue weighted by molar-refractivity contribution is 6.34. The van der Waals surface area contributed by atoms with E-state index in [1.165, 1.54) is 0 Å². The summed E-state index contributed by atoms with van der Waals surface area (Å²) < 4.78 is 6.81. The van der Waals surface area contributed by atoms with Crippen molar-refractivity contribution < 1.29 is 24.2 Å². The van der Waals surface area contributed by atoms with E-state index in [1.54, 1.807) is 27.8 Å². The van der Waals surface area contributed by atoms with Gasteiger partial charge in [0.15, 0.2) is 0 Å². The van der Waals surface area contributed by atoms with Crippen molar-refractivity contribution in [2.75, 3.05) is 38.2 Å². The first-order valence-corrected chi connectivity index (χ1v) is 13.8. The highest BCUT2D eigenvalue weighted by Gasteiger charge is 2.74. The van der Waals surface area contributed by atoms with Gasteiger partial charge in [0.2, 0.25) is 11.8 Å². The third-order valence-corrected chi connectivity index (χ3v) is 8.83. The summed E-state index contributed by atoms with van der Waals surface area (Å²) in [5.41, 5.74) is -0.821. The van der Waals surface area contributed by atoms with Gasteiger partial charge in [-0.05, 0) is 38.3 Å². The number of aliphatic hydroxyl groups is 1. The number of carbonyl (C=O) groups excluding carboxylic acids is 3. The summed E-state index contributed by atoms with van der Waals surface area (Å²) in [5.74, 6) is -2.20. The fraction of sp³-hybridized carbons (Fsp3) is 0.552. The highest BCUT2D eigenvalue weighted by atomic mass is 35.5. The number of para-hydroxylation sites is 1. The predicted octanol–water partition coefficient (Wildman–Crippen LogP) is 3.10. The minimum atomic E-state index is -1.28. The number of nitrogens with zero attached hydrogens (tertiary/aromatic N) is 3. The van der Waals surface area contributed by atoms with Gasteiger partial charge in [-0.1, -0.05) is 60.9 Å². The number of unbranched alkanes of at least 4 members (excludes halogenated alkanes) is 3. The molecule has 1 unspecified atom stereocenters. The summed E-state index contributed by atoms with van der Waals surface area (Å²) >= 11 is 6.60. The van der Waals surface area contributed by atoms with Crippen molar-refractivity contribution >= 4 is 35.0 Å². The Morgan fingerprint density at radius 1 is 1.00 bits per heavy atom. The topological polar surface area (TPSA) is 90.4 Å². The van der Waals surface area contributed by atoms with Crippen molar-refractivity contribution in [3.63, 3.8) is 0 Å². The Morgan fingerprint density at radius 2 is 1.74 bits per heavy atom. The van der Waals surface area contributed by atoms with Gasteiger partial charge in [-0.25, -0.2) is 0 Å². The van der Waals surface area contributed by atoms with Crippen LogP contribution in [0.1, 0.15) is 38.2 Å². The highest BCUT2D eigenvalue weighted by Crippen LogP contribution is 2.57. The van der Waals surface area contributed by atoms with Crippen LogP contribution < -0.4 is 4.90 Å². The van der Waals surface area contributed by atoms with Gasteiger partial charge in [-0.2, -0.15) is 0 Å². The molecule has 38 heavy (non-hydrogen) atoms. The van der Waals surface area contributed by atoms with Gasteiger partial charge in [0, 0.05) is 33.3 Å². The number of hydrogen-bond acceptors (Lipinski definition) is 5. The maximum atomic E-state index is 14.5. The molecule has 0 bridgehead atoms. The molecule has 0 aliphatic carbocycles. The number of benzene rings is 1. The number of likely N-dealkylation sites (N-methyl/N-ethyl adjacent to an activating group) is 1. The molecule has 0 saturated carbocycles. The van der Waals surface area contributed by atoms with Crippen LogP contribution in [0.4, 0.5) is 5.69 Å². The number of fused-ring (bicyclic) bond motifs is 2. The Hall–Kier alpha value is -2.68. The Kier molecular flexibility index (Phi) is 7.18. The molecule has 2 saturated heterocycles. The van der Waals surface area contributed by atoms with Gasteiger partial charge < -0.3 is 24.5 Å². The van der Waals surface area contributed by atoms with Gasteiger partial charge >= 0.3 is 0 Å². The first-order valence-electron chi connectivity index (χ1n) is 13.4. The lowest BCUT2D eigenvalue weighted by atomic mass is 9.74. The third-order valence-electron chi connectivity index (χ3n) is 8.52. The Morgan fingerprint density at radius 3 is 2.47 bits per heavy atom. The fourth-order valence-corrected chi connectivity index (χ4v) is 7.12. The van der Waals surface area contributed by atoms with Gasteiger partial charge in [0.1, 0.15) is 11.6 Å². The van der Waals surface area contributed by atoms with Crippen LogP contribution in [-0.4, -0.2) is 83.2 Å². The number of carbonyl (C=O) groups is 3. The summed E-state index contributed by atoms with van der Waals surface area (Å²) in [7, 11) is 1.73. The predicted molar refractivity (Wildman–Crippen MR) is 145 cm³/mol. The number of hydrogen-bond donors (Lipinski definition) is 1. The van der Waals surface area contributed by atoms with Crippen molar-refractivity contribution in [2.45, 2.75) is 56.8 Å². The molecule has 4 aliphatic rings. The summed E-state index contributed by atoms with van der Waals surface area (Å²) in [4.78, 5) is 47.3. The smallest absolute Gasteiger partial charge is 0.253 e. The van der Waals surface area contributed by atoms with E-state index in [1.807, 2.05) is 50.3 Å². The van der Waals surface area contributed by atoms with E-state index in [0.29, 0.717) is 36.6 Å². The molecule has 2 fully saturated rings. The summed E-state index contributed by atoms with van der Waals surface area (Å²) in [5, 5.41) is 9.60. The summed E-state index contributed by atoms with van der Waals surface area (Å²) in [6.07, 6.45) is 10.5. The first kappa shape index (κ1) is 26.9. The molecule has 3 amide bonds. The molecule has 204 valence electrons. The molecule has 4 heterocycles. The van der Waals surface area contributed by atoms with Crippen molar-refractivity contribution in [1.82, 2.24) is 9.80 Å². The van der Waals surface area contributed by atoms with Gasteiger partial charge in [0.05, 0.1) is 28.1 Å². The molecule has 8 nitrogen and oxygen atoms in total. The van der Waals surface area contributed by atoms with E-state index >= 15 is 0 Å². The molecule has 1 spiro atoms. The second-order valence-electron chi connectivity index (χ2n) is 11.0. The maximum absolute atomic E-state index is 14.5. The molecule has 5 rings (SSSR count). The van der Waals surface area contributed by atoms with Crippen LogP contribution in [0.5, 0.6) is 0 Å². The number of rotatable bonds is 7. The van der Waals surface area contributed by atoms with Crippen molar-refractivity contribution in [3.8, 4) is 0 Å². The van der Waals surface area contributed by atoms with Gasteiger partial charge in [-0.15, -0.1) is 0 Å². The molecule has 9 heteroatoms. The number of amides is 3. The molecule has 5 atom stereocenters. The molecule has 0 radical (unpaired) electrons. The second kappa shape index (κ2) is 10.1. The number of halogens is 1. The van der Waals surface area contributed by atoms with Crippen LogP contribution >= 0.6 is 11.6 Å². The Balaban J connectivity index is 1.60. The monoisotopic (exact) mass is 541 g/mol. The lowest BCUT2D eigenvalue weighted by Crippen LogP contribution is -2.56. The Labute approximate surface area is 228 Å². The quantitative estimate of drug-likeness (QED) is 0.423. The van der Waals surface area contributed by atoms with Gasteiger partial charge in [-0.3, -0.25) is 14.4 Å². The average Bonchev–Trinajstić information content (AvgIpc) is 3.14. The van der Waals surface area contributed by atoms with Crippen LogP contribution in [0.2, 0.25) is 5.02 Å². The van der Waals surface area contributed by atoms with E-state index < -0.39 is 29.1 Å². The van der Waals surface area contributed by atoms with Crippen LogP contribution in [0.25, 0.3) is 0 Å². The van der Waals surface area contributed by atoms with E-state index in [-0.39, 0.29) is 30.9 Å². The lowest BCUT2D eigenvalue weighted by Gasteiger charge is -2.37. The molecular weight excluding hydrogens is 506 g/mol. The van der Waals surface area contributed by atoms with E-state index in [2.05, 4.69) is 0 Å². The second-order valence-corrected chi connectivity index (χ2v) is 11.5. The number of likely N-dealkylation sites (tertiary alicyclic amines) is 1. The summed E-state index contributed by atoms with van der Waals surface area (Å²) in [6.45, 7) is 4.97. The van der Waals surface area contributed by atoms with Crippen LogP contribution in [-0.2, 0) is 19.1 Å². The minimum absolute atomic E-state index is 0.128. The van der Waals surface area contributed by atoms with Crippen LogP contribution in [0.15, 0.2) is 42.5 Å². The molecule has 1 aromatic rings. The SMILES string of the molecule is Cc1cccc(Cl)c1N1CC=C[C@]23O[C@@]4(C)C=CCN(C)C(=O)[C@H]4[C@H]2C(=O)N(CCCCCCO)C3C1=O. The van der Waals surface area contributed by atoms with Crippen molar-refractivity contribution in [2.24, 2.45) is 11.8 Å². The molecular formula is C29H36ClN3O5. The molecule has 0 aromatic heterocycles. The van der Waals surface area contributed by atoms with Gasteiger partial charge in [0.25, 0.3) is 5.91 Å². The number of aliphatic hydroxyl groups excluding tert-OH is 1.